The van der Waals surface area contributed by atoms with Gasteiger partial charge in [0.25, 0.3) is 5.91 Å². The van der Waals surface area contributed by atoms with E-state index < -0.39 is 11.7 Å². The topological polar surface area (TPSA) is 79.8 Å². The Morgan fingerprint density at radius 1 is 1.24 bits per heavy atom. The van der Waals surface area contributed by atoms with E-state index in [4.69, 9.17) is 9.47 Å². The lowest BCUT2D eigenvalue weighted by Crippen LogP contribution is -2.47. The Balaban J connectivity index is 1.38. The van der Waals surface area contributed by atoms with Crippen LogP contribution in [-0.4, -0.2) is 68.4 Å². The predicted octanol–water partition coefficient (Wildman–Crippen LogP) is 2.74. The standard InChI is InChI=1S/C22H26F3N5O3/c1-32-20-18(19(31)26-13-17-6-3-11-33-17)14-27-21(28-20)30-9-7-29(8-10-30)16-5-2-4-15(12-16)22(23,24)25/h2,4-5,12,14,17H,3,6-11,13H2,1H3,(H,26,31)/t17-/m1/s1. The molecular weight excluding hydrogens is 439 g/mol. The second-order valence-corrected chi connectivity index (χ2v) is 7.96. The summed E-state index contributed by atoms with van der Waals surface area (Å²) in [5.41, 5.74) is 0.104. The fraction of sp³-hybridized carbons (Fsp3) is 0.500. The summed E-state index contributed by atoms with van der Waals surface area (Å²) in [7, 11) is 1.44. The zero-order valence-corrected chi connectivity index (χ0v) is 18.3. The molecule has 1 N–H and O–H groups in total. The summed E-state index contributed by atoms with van der Waals surface area (Å²) < 4.78 is 49.9. The number of nitrogens with zero attached hydrogens (tertiary/aromatic N) is 4. The van der Waals surface area contributed by atoms with Crippen LogP contribution in [0.2, 0.25) is 0 Å². The van der Waals surface area contributed by atoms with Crippen molar-refractivity contribution >= 4 is 17.5 Å². The lowest BCUT2D eigenvalue weighted by molar-refractivity contribution is -0.137. The van der Waals surface area contributed by atoms with Gasteiger partial charge in [-0.2, -0.15) is 18.2 Å². The number of nitrogens with one attached hydrogen (secondary N) is 1. The summed E-state index contributed by atoms with van der Waals surface area (Å²) >= 11 is 0. The van der Waals surface area contributed by atoms with Crippen LogP contribution in [0.5, 0.6) is 5.88 Å². The van der Waals surface area contributed by atoms with Crippen LogP contribution in [0.1, 0.15) is 28.8 Å². The van der Waals surface area contributed by atoms with Gasteiger partial charge in [-0.25, -0.2) is 4.98 Å². The molecule has 1 atom stereocenters. The van der Waals surface area contributed by atoms with Crippen LogP contribution in [0.15, 0.2) is 30.5 Å². The molecule has 1 amide bonds. The molecule has 178 valence electrons. The van der Waals surface area contributed by atoms with Crippen molar-refractivity contribution in [3.8, 4) is 5.88 Å². The number of aromatic nitrogens is 2. The highest BCUT2D eigenvalue weighted by Crippen LogP contribution is 2.32. The molecule has 0 bridgehead atoms. The van der Waals surface area contributed by atoms with Gasteiger partial charge in [0.05, 0.1) is 18.8 Å². The number of ether oxygens (including phenoxy) is 2. The quantitative estimate of drug-likeness (QED) is 0.703. The lowest BCUT2D eigenvalue weighted by Gasteiger charge is -2.36. The first-order valence-corrected chi connectivity index (χ1v) is 10.8. The summed E-state index contributed by atoms with van der Waals surface area (Å²) in [6, 6.07) is 5.33. The number of carbonyl (C=O) groups is 1. The molecule has 0 unspecified atom stereocenters. The smallest absolute Gasteiger partial charge is 0.416 e. The van der Waals surface area contributed by atoms with Crippen molar-refractivity contribution in [2.75, 3.05) is 56.2 Å². The molecule has 33 heavy (non-hydrogen) atoms. The van der Waals surface area contributed by atoms with Crippen LogP contribution in [0.4, 0.5) is 24.8 Å². The maximum atomic E-state index is 13.0. The highest BCUT2D eigenvalue weighted by Gasteiger charge is 2.31. The summed E-state index contributed by atoms with van der Waals surface area (Å²) in [4.78, 5) is 25.1. The third-order valence-electron chi connectivity index (χ3n) is 5.79. The zero-order valence-electron chi connectivity index (χ0n) is 18.3. The summed E-state index contributed by atoms with van der Waals surface area (Å²) in [5, 5.41) is 2.83. The molecule has 0 aliphatic carbocycles. The molecule has 11 heteroatoms. The van der Waals surface area contributed by atoms with E-state index in [2.05, 4.69) is 15.3 Å². The number of anilines is 2. The van der Waals surface area contributed by atoms with E-state index in [1.807, 2.05) is 9.80 Å². The maximum absolute atomic E-state index is 13.0. The number of halogens is 3. The zero-order chi connectivity index (χ0) is 23.4. The fourth-order valence-electron chi connectivity index (χ4n) is 3.97. The van der Waals surface area contributed by atoms with Gasteiger partial charge in [0.2, 0.25) is 11.8 Å². The van der Waals surface area contributed by atoms with Crippen molar-refractivity contribution < 1.29 is 27.4 Å². The Morgan fingerprint density at radius 2 is 2.00 bits per heavy atom. The number of piperazine rings is 1. The Bertz CT molecular complexity index is 974. The van der Waals surface area contributed by atoms with Gasteiger partial charge in [-0.1, -0.05) is 6.07 Å². The molecule has 2 aliphatic rings. The van der Waals surface area contributed by atoms with Gasteiger partial charge in [-0.05, 0) is 31.0 Å². The average Bonchev–Trinajstić information content (AvgIpc) is 3.35. The largest absolute Gasteiger partial charge is 0.480 e. The van der Waals surface area contributed by atoms with Crippen molar-refractivity contribution in [2.45, 2.75) is 25.1 Å². The molecule has 1 aromatic heterocycles. The van der Waals surface area contributed by atoms with Crippen LogP contribution in [-0.2, 0) is 10.9 Å². The van der Waals surface area contributed by atoms with Gasteiger partial charge in [-0.15, -0.1) is 0 Å². The molecule has 0 saturated carbocycles. The first-order valence-electron chi connectivity index (χ1n) is 10.8. The van der Waals surface area contributed by atoms with Gasteiger partial charge >= 0.3 is 6.18 Å². The SMILES string of the molecule is COc1nc(N2CCN(c3cccc(C(F)(F)F)c3)CC2)ncc1C(=O)NC[C@H]1CCCO1. The van der Waals surface area contributed by atoms with E-state index in [0.29, 0.717) is 51.0 Å². The van der Waals surface area contributed by atoms with Gasteiger partial charge in [0, 0.05) is 51.2 Å². The van der Waals surface area contributed by atoms with E-state index in [1.165, 1.54) is 25.4 Å². The molecule has 4 rings (SSSR count). The normalized spacial score (nSPS) is 19.0. The first-order chi connectivity index (χ1) is 15.8. The molecule has 2 aliphatic heterocycles. The molecular formula is C22H26F3N5O3. The number of hydrogen-bond donors (Lipinski definition) is 1. The molecule has 8 nitrogen and oxygen atoms in total. The molecule has 2 saturated heterocycles. The Kier molecular flexibility index (Phi) is 6.87. The van der Waals surface area contributed by atoms with Crippen LogP contribution < -0.4 is 19.9 Å². The van der Waals surface area contributed by atoms with Crippen LogP contribution in [0.25, 0.3) is 0 Å². The van der Waals surface area contributed by atoms with Crippen LogP contribution in [0, 0.1) is 0 Å². The molecule has 2 fully saturated rings. The minimum Gasteiger partial charge on any atom is -0.480 e. The van der Waals surface area contributed by atoms with E-state index in [9.17, 15) is 18.0 Å². The van der Waals surface area contributed by atoms with Crippen molar-refractivity contribution in [2.24, 2.45) is 0 Å². The number of benzene rings is 1. The summed E-state index contributed by atoms with van der Waals surface area (Å²) in [5.74, 6) is 0.250. The number of methoxy groups -OCH3 is 1. The molecule has 2 aromatic rings. The highest BCUT2D eigenvalue weighted by molar-refractivity contribution is 5.96. The van der Waals surface area contributed by atoms with E-state index >= 15 is 0 Å². The fourth-order valence-corrected chi connectivity index (χ4v) is 3.97. The molecule has 0 spiro atoms. The Hall–Kier alpha value is -3.08. The maximum Gasteiger partial charge on any atom is 0.416 e. The Labute approximate surface area is 189 Å². The summed E-state index contributed by atoms with van der Waals surface area (Å²) in [6.07, 6.45) is -1.01. The highest BCUT2D eigenvalue weighted by atomic mass is 19.4. The number of amides is 1. The molecule has 3 heterocycles. The first kappa shape index (κ1) is 23.1. The van der Waals surface area contributed by atoms with Crippen molar-refractivity contribution in [3.63, 3.8) is 0 Å². The second kappa shape index (κ2) is 9.82. The van der Waals surface area contributed by atoms with Crippen LogP contribution in [0.3, 0.4) is 0 Å². The number of carbonyl (C=O) groups excluding carboxylic acids is 1. The minimum atomic E-state index is -4.37. The van der Waals surface area contributed by atoms with Crippen molar-refractivity contribution in [3.05, 3.63) is 41.6 Å². The van der Waals surface area contributed by atoms with E-state index in [-0.39, 0.29) is 23.5 Å². The number of hydrogen-bond acceptors (Lipinski definition) is 7. The number of alkyl halides is 3. The van der Waals surface area contributed by atoms with Crippen molar-refractivity contribution in [1.29, 1.82) is 0 Å². The van der Waals surface area contributed by atoms with Gasteiger partial charge in [0.1, 0.15) is 5.56 Å². The third-order valence-corrected chi connectivity index (χ3v) is 5.79. The molecule has 1 aromatic carbocycles. The van der Waals surface area contributed by atoms with E-state index in [0.717, 1.165) is 18.9 Å². The van der Waals surface area contributed by atoms with Gasteiger partial charge in [-0.3, -0.25) is 4.79 Å². The summed E-state index contributed by atoms with van der Waals surface area (Å²) in [6.45, 7) is 3.19. The van der Waals surface area contributed by atoms with Gasteiger partial charge in [0.15, 0.2) is 0 Å². The number of rotatable bonds is 6. The third kappa shape index (κ3) is 5.47. The second-order valence-electron chi connectivity index (χ2n) is 7.96. The minimum absolute atomic E-state index is 0.0215. The predicted molar refractivity (Wildman–Crippen MR) is 116 cm³/mol. The molecule has 0 radical (unpaired) electrons. The Morgan fingerprint density at radius 3 is 2.67 bits per heavy atom. The van der Waals surface area contributed by atoms with Crippen LogP contribution >= 0.6 is 0 Å². The van der Waals surface area contributed by atoms with E-state index in [1.54, 1.807) is 6.07 Å². The average molecular weight is 465 g/mol. The monoisotopic (exact) mass is 465 g/mol. The van der Waals surface area contributed by atoms with Gasteiger partial charge < -0.3 is 24.6 Å². The lowest BCUT2D eigenvalue weighted by atomic mass is 10.1. The van der Waals surface area contributed by atoms with Crippen molar-refractivity contribution in [1.82, 2.24) is 15.3 Å².